The first kappa shape index (κ1) is 25.4. The average Bonchev–Trinajstić information content (AvgIpc) is 3.05. The summed E-state index contributed by atoms with van der Waals surface area (Å²) in [4.78, 5) is 12.3. The monoisotopic (exact) mass is 446 g/mol. The molecule has 3 aliphatic carbocycles. The van der Waals surface area contributed by atoms with E-state index >= 15 is 0 Å². The number of carbonyl (C=O) groups excluding carboxylic acids is 1. The molecule has 3 saturated carbocycles. The number of rotatable bonds is 6. The molecule has 32 heavy (non-hydrogen) atoms. The third-order valence-electron chi connectivity index (χ3n) is 8.49. The van der Waals surface area contributed by atoms with Gasteiger partial charge in [0.25, 0.3) is 0 Å². The van der Waals surface area contributed by atoms with E-state index in [1.54, 1.807) is 0 Å². The zero-order valence-corrected chi connectivity index (χ0v) is 20.2. The molecule has 0 amide bonds. The van der Waals surface area contributed by atoms with Crippen LogP contribution in [0.1, 0.15) is 79.1 Å². The van der Waals surface area contributed by atoms with Crippen LogP contribution < -0.4 is 0 Å². The fourth-order valence-electron chi connectivity index (χ4n) is 6.71. The molecule has 0 saturated heterocycles. The lowest BCUT2D eigenvalue weighted by Gasteiger charge is -2.44. The van der Waals surface area contributed by atoms with E-state index in [0.717, 1.165) is 37.7 Å². The Morgan fingerprint density at radius 2 is 1.97 bits per heavy atom. The van der Waals surface area contributed by atoms with Gasteiger partial charge in [-0.3, -0.25) is 4.79 Å². The summed E-state index contributed by atoms with van der Waals surface area (Å²) in [5, 5.41) is 40.6. The van der Waals surface area contributed by atoms with Crippen LogP contribution in [0, 0.1) is 23.2 Å². The third-order valence-corrected chi connectivity index (χ3v) is 8.49. The van der Waals surface area contributed by atoms with Gasteiger partial charge >= 0.3 is 0 Å². The number of carbonyl (C=O) groups is 1. The van der Waals surface area contributed by atoms with E-state index in [9.17, 15) is 25.2 Å². The third kappa shape index (κ3) is 5.11. The van der Waals surface area contributed by atoms with E-state index in [0.29, 0.717) is 36.7 Å². The maximum atomic E-state index is 12.3. The van der Waals surface area contributed by atoms with Crippen molar-refractivity contribution in [2.24, 2.45) is 23.2 Å². The number of aliphatic hydroxyl groups excluding tert-OH is 3. The summed E-state index contributed by atoms with van der Waals surface area (Å²) in [5.41, 5.74) is 1.69. The highest BCUT2D eigenvalue weighted by Crippen LogP contribution is 2.59. The standard InChI is InChI=1S/C27H42O5/c1-16(13-24(30)25(31)26(3,4)32)21-10-11-22-18(7-6-12-27(21,22)5)8-9-19-14-20(28)15-23(29)17(19)2/h8-9,16,20-24,28-30,32H,2,6-7,10-15H2,1,3-5H3/b18-8+,19-9-/t16-,20-,21-,22+,23?,24?,27-/m1/s1. The molecule has 2 unspecified atom stereocenters. The summed E-state index contributed by atoms with van der Waals surface area (Å²) in [7, 11) is 0. The first-order chi connectivity index (χ1) is 14.8. The molecule has 0 bridgehead atoms. The Kier molecular flexibility index (Phi) is 7.56. The Hall–Kier alpha value is -1.27. The van der Waals surface area contributed by atoms with Crippen LogP contribution in [0.4, 0.5) is 0 Å². The van der Waals surface area contributed by atoms with Gasteiger partial charge in [0, 0.05) is 6.42 Å². The van der Waals surface area contributed by atoms with E-state index in [2.05, 4.69) is 32.6 Å². The number of Topliss-reactive ketones (excluding diaryl/α,β-unsaturated/α-hetero) is 1. The predicted octanol–water partition coefficient (Wildman–Crippen LogP) is 3.85. The Morgan fingerprint density at radius 1 is 1.28 bits per heavy atom. The van der Waals surface area contributed by atoms with Crippen molar-refractivity contribution in [1.82, 2.24) is 0 Å². The molecule has 3 rings (SSSR count). The van der Waals surface area contributed by atoms with E-state index in [4.69, 9.17) is 0 Å². The van der Waals surface area contributed by atoms with Crippen LogP contribution in [0.2, 0.25) is 0 Å². The van der Waals surface area contributed by atoms with Gasteiger partial charge in [-0.2, -0.15) is 0 Å². The summed E-state index contributed by atoms with van der Waals surface area (Å²) in [6.07, 6.45) is 8.69. The van der Waals surface area contributed by atoms with Crippen LogP contribution in [0.15, 0.2) is 35.5 Å². The first-order valence-electron chi connectivity index (χ1n) is 12.2. The van der Waals surface area contributed by atoms with Crippen molar-refractivity contribution < 1.29 is 25.2 Å². The number of allylic oxidation sites excluding steroid dienone is 3. The van der Waals surface area contributed by atoms with Gasteiger partial charge in [-0.15, -0.1) is 0 Å². The number of aliphatic hydroxyl groups is 4. The second-order valence-corrected chi connectivity index (χ2v) is 11.3. The van der Waals surface area contributed by atoms with E-state index in [-0.39, 0.29) is 11.3 Å². The molecular formula is C27H42O5. The largest absolute Gasteiger partial charge is 0.393 e. The van der Waals surface area contributed by atoms with E-state index < -0.39 is 29.7 Å². The van der Waals surface area contributed by atoms with Gasteiger partial charge in [-0.1, -0.05) is 38.2 Å². The molecule has 0 aromatic carbocycles. The van der Waals surface area contributed by atoms with Gasteiger partial charge < -0.3 is 20.4 Å². The van der Waals surface area contributed by atoms with Crippen molar-refractivity contribution in [3.05, 3.63) is 35.5 Å². The first-order valence-corrected chi connectivity index (χ1v) is 12.2. The van der Waals surface area contributed by atoms with Crippen molar-refractivity contribution in [2.45, 2.75) is 103 Å². The van der Waals surface area contributed by atoms with Crippen LogP contribution in [-0.4, -0.2) is 50.1 Å². The summed E-state index contributed by atoms with van der Waals surface area (Å²) < 4.78 is 0. The molecule has 0 aliphatic heterocycles. The van der Waals surface area contributed by atoms with Crippen LogP contribution in [-0.2, 0) is 4.79 Å². The summed E-state index contributed by atoms with van der Waals surface area (Å²) in [6, 6.07) is 0. The molecule has 0 aromatic rings. The Morgan fingerprint density at radius 3 is 2.62 bits per heavy atom. The topological polar surface area (TPSA) is 98.0 Å². The highest BCUT2D eigenvalue weighted by atomic mass is 16.3. The van der Waals surface area contributed by atoms with Crippen molar-refractivity contribution >= 4 is 5.78 Å². The highest BCUT2D eigenvalue weighted by Gasteiger charge is 2.51. The highest BCUT2D eigenvalue weighted by molar-refractivity contribution is 5.89. The van der Waals surface area contributed by atoms with Gasteiger partial charge in [0.1, 0.15) is 11.7 Å². The molecular weight excluding hydrogens is 404 g/mol. The second kappa shape index (κ2) is 9.54. The van der Waals surface area contributed by atoms with Crippen LogP contribution in [0.5, 0.6) is 0 Å². The average molecular weight is 447 g/mol. The SMILES string of the molecule is C=C1/C(=C\C=C2/CCC[C@]3(C)[C@@H]([C@H](C)CC(O)C(=O)C(C)(C)O)CC[C@@H]23)C[C@@H](O)CC1O. The van der Waals surface area contributed by atoms with Gasteiger partial charge in [0.2, 0.25) is 0 Å². The second-order valence-electron chi connectivity index (χ2n) is 11.3. The summed E-state index contributed by atoms with van der Waals surface area (Å²) in [6.45, 7) is 11.4. The Labute approximate surface area is 192 Å². The molecule has 5 heteroatoms. The quantitative estimate of drug-likeness (QED) is 0.497. The van der Waals surface area contributed by atoms with E-state index in [1.807, 2.05) is 0 Å². The predicted molar refractivity (Wildman–Crippen MR) is 126 cm³/mol. The lowest BCUT2D eigenvalue weighted by molar-refractivity contribution is -0.144. The van der Waals surface area contributed by atoms with Crippen LogP contribution in [0.25, 0.3) is 0 Å². The minimum atomic E-state index is -1.51. The molecule has 5 nitrogen and oxygen atoms in total. The van der Waals surface area contributed by atoms with Crippen molar-refractivity contribution in [1.29, 1.82) is 0 Å². The molecule has 0 heterocycles. The lowest BCUT2D eigenvalue weighted by atomic mass is 9.60. The zero-order chi connectivity index (χ0) is 23.8. The van der Waals surface area contributed by atoms with Crippen LogP contribution in [0.3, 0.4) is 0 Å². The zero-order valence-electron chi connectivity index (χ0n) is 20.2. The van der Waals surface area contributed by atoms with E-state index in [1.165, 1.54) is 19.4 Å². The number of hydrogen-bond donors (Lipinski definition) is 4. The molecule has 180 valence electrons. The minimum Gasteiger partial charge on any atom is -0.393 e. The maximum absolute atomic E-state index is 12.3. The van der Waals surface area contributed by atoms with Gasteiger partial charge in [-0.25, -0.2) is 0 Å². The normalized spacial score (nSPS) is 38.1. The summed E-state index contributed by atoms with van der Waals surface area (Å²) in [5.74, 6) is 0.570. The van der Waals surface area contributed by atoms with Gasteiger partial charge in [0.05, 0.1) is 12.2 Å². The van der Waals surface area contributed by atoms with Crippen molar-refractivity contribution in [2.75, 3.05) is 0 Å². The lowest BCUT2D eigenvalue weighted by Crippen LogP contribution is -2.42. The molecule has 3 fully saturated rings. The maximum Gasteiger partial charge on any atom is 0.192 e. The van der Waals surface area contributed by atoms with Crippen LogP contribution >= 0.6 is 0 Å². The fourth-order valence-corrected chi connectivity index (χ4v) is 6.71. The smallest absolute Gasteiger partial charge is 0.192 e. The molecule has 4 N–H and O–H groups in total. The molecule has 0 radical (unpaired) electrons. The summed E-state index contributed by atoms with van der Waals surface area (Å²) >= 11 is 0. The van der Waals surface area contributed by atoms with Crippen molar-refractivity contribution in [3.63, 3.8) is 0 Å². The van der Waals surface area contributed by atoms with Gasteiger partial charge in [0.15, 0.2) is 5.78 Å². The number of hydrogen-bond acceptors (Lipinski definition) is 5. The Balaban J connectivity index is 1.75. The number of ketones is 1. The molecule has 3 aliphatic rings. The minimum absolute atomic E-state index is 0.127. The van der Waals surface area contributed by atoms with Gasteiger partial charge in [-0.05, 0) is 93.1 Å². The molecule has 7 atom stereocenters. The molecule has 0 spiro atoms. The fraction of sp³-hybridized carbons (Fsp3) is 0.741. The molecule has 0 aromatic heterocycles. The Bertz CT molecular complexity index is 788. The van der Waals surface area contributed by atoms with Crippen molar-refractivity contribution in [3.8, 4) is 0 Å². The number of fused-ring (bicyclic) bond motifs is 1.